The highest BCUT2D eigenvalue weighted by Crippen LogP contribution is 2.35. The summed E-state index contributed by atoms with van der Waals surface area (Å²) in [6, 6.07) is -3.36. The predicted octanol–water partition coefficient (Wildman–Crippen LogP) is 1.61. The van der Waals surface area contributed by atoms with E-state index in [0.717, 1.165) is 0 Å². The minimum absolute atomic E-state index is 0.754. The molecule has 0 bridgehead atoms. The number of ketones is 1. The SMILES string of the molecule is [2H]c1c([2H])c([2H])c(C2(N)C(=O)C([2H])(O)CC([2H])([2H])C2([2H])[2H])c(Cl)c1[2H]. The first-order valence-corrected chi connectivity index (χ1v) is 4.74. The zero-order valence-electron chi connectivity index (χ0n) is 17.0. The van der Waals surface area contributed by atoms with Gasteiger partial charge in [-0.25, -0.2) is 0 Å². The second kappa shape index (κ2) is 4.17. The van der Waals surface area contributed by atoms with Gasteiger partial charge in [-0.05, 0) is 30.8 Å². The standard InChI is InChI=1S/C12H14ClNO2/c13-9-5-2-1-4-8(9)12(14)7-3-6-10(15)11(12)16/h1-2,4-5,10,15H,3,6-7,14H2/i1D,2D,3D2,4D,5D,7D2,10D. The van der Waals surface area contributed by atoms with Crippen molar-refractivity contribution in [3.8, 4) is 0 Å². The summed E-state index contributed by atoms with van der Waals surface area (Å²) < 4.78 is 70.2. The Labute approximate surface area is 112 Å². The van der Waals surface area contributed by atoms with Crippen molar-refractivity contribution in [3.05, 3.63) is 34.8 Å². The van der Waals surface area contributed by atoms with Crippen molar-refractivity contribution in [3.63, 3.8) is 0 Å². The maximum atomic E-state index is 12.6. The van der Waals surface area contributed by atoms with Crippen molar-refractivity contribution in [2.75, 3.05) is 0 Å². The van der Waals surface area contributed by atoms with Crippen LogP contribution in [0, 0.1) is 0 Å². The summed E-state index contributed by atoms with van der Waals surface area (Å²) >= 11 is 5.90. The molecule has 0 aliphatic heterocycles. The summed E-state index contributed by atoms with van der Waals surface area (Å²) in [6.07, 6.45) is -10.5. The smallest absolute Gasteiger partial charge is 0.185 e. The molecule has 1 aromatic carbocycles. The first-order chi connectivity index (χ1) is 11.0. The molecule has 2 rings (SSSR count). The Bertz CT molecular complexity index is 753. The zero-order chi connectivity index (χ0) is 19.7. The Morgan fingerprint density at radius 3 is 3.12 bits per heavy atom. The molecule has 1 saturated carbocycles. The summed E-state index contributed by atoms with van der Waals surface area (Å²) in [5, 5.41) is 9.20. The quantitative estimate of drug-likeness (QED) is 0.794. The van der Waals surface area contributed by atoms with Crippen LogP contribution in [0.5, 0.6) is 0 Å². The Balaban J connectivity index is 2.99. The number of halogens is 1. The maximum absolute atomic E-state index is 12.6. The average molecular weight is 249 g/mol. The molecule has 86 valence electrons. The molecule has 0 radical (unpaired) electrons. The number of carbonyl (C=O) groups is 1. The lowest BCUT2D eigenvalue weighted by Crippen LogP contribution is -2.52. The van der Waals surface area contributed by atoms with E-state index >= 15 is 0 Å². The van der Waals surface area contributed by atoms with Gasteiger partial charge in [0.15, 0.2) is 5.78 Å². The number of hydrogen-bond acceptors (Lipinski definition) is 3. The molecule has 1 aliphatic carbocycles. The van der Waals surface area contributed by atoms with Gasteiger partial charge in [0, 0.05) is 10.5 Å². The van der Waals surface area contributed by atoms with E-state index in [1.165, 1.54) is 0 Å². The van der Waals surface area contributed by atoms with Crippen molar-refractivity contribution < 1.29 is 22.2 Å². The maximum Gasteiger partial charge on any atom is 0.185 e. The zero-order valence-corrected chi connectivity index (χ0v) is 8.77. The minimum Gasteiger partial charge on any atom is -0.385 e. The van der Waals surface area contributed by atoms with E-state index < -0.39 is 71.3 Å². The number of carbonyl (C=O) groups excluding carboxylic acids is 1. The van der Waals surface area contributed by atoms with Crippen molar-refractivity contribution in [1.29, 1.82) is 0 Å². The lowest BCUT2D eigenvalue weighted by atomic mass is 9.75. The van der Waals surface area contributed by atoms with E-state index in [1.807, 2.05) is 0 Å². The third-order valence-corrected chi connectivity index (χ3v) is 2.48. The fourth-order valence-electron chi connectivity index (χ4n) is 1.38. The van der Waals surface area contributed by atoms with Gasteiger partial charge in [-0.2, -0.15) is 0 Å². The summed E-state index contributed by atoms with van der Waals surface area (Å²) in [4.78, 5) is 12.6. The average Bonchev–Trinajstić information content (AvgIpc) is 2.47. The molecule has 2 atom stereocenters. The van der Waals surface area contributed by atoms with E-state index in [0.29, 0.717) is 0 Å². The van der Waals surface area contributed by atoms with Crippen LogP contribution in [0.3, 0.4) is 0 Å². The number of aliphatic hydroxyl groups is 1. The van der Waals surface area contributed by atoms with Crippen LogP contribution in [0.15, 0.2) is 24.2 Å². The Morgan fingerprint density at radius 1 is 1.69 bits per heavy atom. The van der Waals surface area contributed by atoms with Crippen molar-refractivity contribution in [2.24, 2.45) is 5.73 Å². The lowest BCUT2D eigenvalue weighted by Gasteiger charge is -2.35. The highest BCUT2D eigenvalue weighted by Gasteiger charge is 2.43. The fraction of sp³-hybridized carbons (Fsp3) is 0.417. The fourth-order valence-corrected chi connectivity index (χ4v) is 1.62. The van der Waals surface area contributed by atoms with Gasteiger partial charge < -0.3 is 10.8 Å². The third-order valence-electron chi connectivity index (χ3n) is 2.20. The minimum atomic E-state index is -3.23. The molecule has 0 spiro atoms. The van der Waals surface area contributed by atoms with Crippen LogP contribution < -0.4 is 5.73 Å². The number of hydrogen-bond donors (Lipinski definition) is 2. The largest absolute Gasteiger partial charge is 0.385 e. The Morgan fingerprint density at radius 2 is 2.38 bits per heavy atom. The van der Waals surface area contributed by atoms with E-state index in [-0.39, 0.29) is 0 Å². The van der Waals surface area contributed by atoms with Gasteiger partial charge >= 0.3 is 0 Å². The van der Waals surface area contributed by atoms with Crippen LogP contribution in [0.25, 0.3) is 0 Å². The Hall–Kier alpha value is -0.900. The van der Waals surface area contributed by atoms with Gasteiger partial charge in [-0.15, -0.1) is 0 Å². The first-order valence-electron chi connectivity index (χ1n) is 8.86. The van der Waals surface area contributed by atoms with Crippen LogP contribution in [0.1, 0.15) is 37.1 Å². The van der Waals surface area contributed by atoms with Crippen molar-refractivity contribution in [2.45, 2.75) is 30.8 Å². The molecule has 1 fully saturated rings. The molecular weight excluding hydrogens is 226 g/mol. The van der Waals surface area contributed by atoms with Gasteiger partial charge in [-0.3, -0.25) is 4.79 Å². The summed E-state index contributed by atoms with van der Waals surface area (Å²) in [5.41, 5.74) is 1.85. The van der Waals surface area contributed by atoms with Crippen LogP contribution in [-0.4, -0.2) is 17.0 Å². The molecule has 0 heterocycles. The second-order valence-corrected chi connectivity index (χ2v) is 3.63. The monoisotopic (exact) mass is 248 g/mol. The van der Waals surface area contributed by atoms with Crippen LogP contribution in [0.2, 0.25) is 5.02 Å². The highest BCUT2D eigenvalue weighted by atomic mass is 35.5. The molecule has 3 N–H and O–H groups in total. The number of benzene rings is 1. The molecule has 3 nitrogen and oxygen atoms in total. The molecule has 1 aliphatic rings. The van der Waals surface area contributed by atoms with Crippen molar-refractivity contribution >= 4 is 17.4 Å². The normalized spacial score (nSPS) is 49.4. The first kappa shape index (κ1) is 4.77. The van der Waals surface area contributed by atoms with Crippen LogP contribution >= 0.6 is 11.6 Å². The van der Waals surface area contributed by atoms with Gasteiger partial charge in [0.1, 0.15) is 11.6 Å². The number of Topliss-reactive ketones (excluding diaryl/α,β-unsaturated/α-hetero) is 1. The molecular formula is C12H14ClNO2. The van der Waals surface area contributed by atoms with Gasteiger partial charge in [0.25, 0.3) is 0 Å². The topological polar surface area (TPSA) is 63.3 Å². The van der Waals surface area contributed by atoms with Gasteiger partial charge in [0.05, 0.1) is 6.85 Å². The summed E-state index contributed by atoms with van der Waals surface area (Å²) in [5.74, 6) is -1.65. The summed E-state index contributed by atoms with van der Waals surface area (Å²) in [7, 11) is 0. The molecule has 1 aromatic rings. The van der Waals surface area contributed by atoms with E-state index in [1.54, 1.807) is 0 Å². The van der Waals surface area contributed by atoms with Gasteiger partial charge in [-0.1, -0.05) is 29.7 Å². The van der Waals surface area contributed by atoms with E-state index in [4.69, 9.17) is 29.7 Å². The highest BCUT2D eigenvalue weighted by molar-refractivity contribution is 6.31. The molecule has 0 saturated heterocycles. The molecule has 4 heteroatoms. The van der Waals surface area contributed by atoms with Crippen molar-refractivity contribution in [1.82, 2.24) is 0 Å². The molecule has 0 aromatic heterocycles. The predicted molar refractivity (Wildman–Crippen MR) is 62.2 cm³/mol. The molecule has 2 unspecified atom stereocenters. The third kappa shape index (κ3) is 1.75. The number of rotatable bonds is 1. The Kier molecular flexibility index (Phi) is 1.24. The number of nitrogens with two attached hydrogens (primary N) is 1. The summed E-state index contributed by atoms with van der Waals surface area (Å²) in [6.45, 7) is 0. The molecule has 16 heavy (non-hydrogen) atoms. The van der Waals surface area contributed by atoms with Crippen LogP contribution in [0.4, 0.5) is 0 Å². The van der Waals surface area contributed by atoms with E-state index in [2.05, 4.69) is 0 Å². The lowest BCUT2D eigenvalue weighted by molar-refractivity contribution is -0.136. The van der Waals surface area contributed by atoms with Crippen LogP contribution in [-0.2, 0) is 10.3 Å². The molecule has 0 amide bonds. The van der Waals surface area contributed by atoms with Gasteiger partial charge in [0.2, 0.25) is 0 Å². The van der Waals surface area contributed by atoms with E-state index in [9.17, 15) is 9.90 Å². The second-order valence-electron chi connectivity index (χ2n) is 3.25.